The number of aryl methyl sites for hydroxylation is 3. The number of nitrogens with zero attached hydrogens (tertiary/aromatic N) is 3. The number of carbonyl (C=O) groups excluding carboxylic acids is 3. The summed E-state index contributed by atoms with van der Waals surface area (Å²) in [5, 5.41) is 2.28. The highest BCUT2D eigenvalue weighted by atomic mass is 32.2. The fourth-order valence-electron chi connectivity index (χ4n) is 3.77. The van der Waals surface area contributed by atoms with E-state index in [0.717, 1.165) is 50.6 Å². The molecule has 8 heteroatoms. The highest BCUT2D eigenvalue weighted by Crippen LogP contribution is 2.33. The average molecular weight is 461 g/mol. The van der Waals surface area contributed by atoms with Crippen LogP contribution in [0.4, 0.5) is 10.5 Å². The number of nitrogens with one attached hydrogen (secondary N) is 1. The summed E-state index contributed by atoms with van der Waals surface area (Å²) in [5.41, 5.74) is 5.42. The molecular weight excluding hydrogens is 436 g/mol. The fraction of sp³-hybridized carbons (Fsp3) is 0.200. The van der Waals surface area contributed by atoms with Gasteiger partial charge in [0.2, 0.25) is 5.91 Å². The van der Waals surface area contributed by atoms with Gasteiger partial charge in [0.25, 0.3) is 11.1 Å². The van der Waals surface area contributed by atoms with Crippen molar-refractivity contribution in [3.05, 3.63) is 81.6 Å². The van der Waals surface area contributed by atoms with E-state index < -0.39 is 17.1 Å². The summed E-state index contributed by atoms with van der Waals surface area (Å²) in [6, 6.07) is 13.2. The van der Waals surface area contributed by atoms with Gasteiger partial charge in [-0.15, -0.1) is 0 Å². The number of pyridine rings is 1. The number of carbonyl (C=O) groups is 3. The number of imide groups is 1. The van der Waals surface area contributed by atoms with Crippen molar-refractivity contribution in [1.82, 2.24) is 14.5 Å². The molecule has 0 bridgehead atoms. The number of anilines is 1. The Morgan fingerprint density at radius 2 is 1.82 bits per heavy atom. The second-order valence-electron chi connectivity index (χ2n) is 8.04. The van der Waals surface area contributed by atoms with E-state index in [1.54, 1.807) is 18.3 Å². The number of hydrogen-bond donors (Lipinski definition) is 1. The highest BCUT2D eigenvalue weighted by Gasteiger charge is 2.36. The molecule has 0 atom stereocenters. The first kappa shape index (κ1) is 22.5. The number of amides is 3. The molecule has 1 fully saturated rings. The lowest BCUT2D eigenvalue weighted by molar-refractivity contribution is -0.127. The lowest BCUT2D eigenvalue weighted by Gasteiger charge is -2.12. The molecule has 3 amide bonds. The maximum Gasteiger partial charge on any atom is 0.294 e. The molecule has 0 radical (unpaired) electrons. The predicted molar refractivity (Wildman–Crippen MR) is 130 cm³/mol. The quantitative estimate of drug-likeness (QED) is 0.554. The van der Waals surface area contributed by atoms with Crippen molar-refractivity contribution >= 4 is 40.6 Å². The number of aromatic nitrogens is 2. The molecule has 3 aromatic rings. The third-order valence-electron chi connectivity index (χ3n) is 5.36. The standard InChI is InChI=1S/C25H24N4O3S/c1-15-6-5-7-20(10-15)27-23(30)14-28-24(31)21(33-25(28)32)13-19-12-17(3)29(18(19)4)22-11-16(2)8-9-26-22/h5-13H,14H2,1-4H3,(H,27,30)/b21-13-. The molecule has 0 aliphatic carbocycles. The van der Waals surface area contributed by atoms with Crippen molar-refractivity contribution in [2.45, 2.75) is 27.7 Å². The van der Waals surface area contributed by atoms with Crippen LogP contribution in [0, 0.1) is 27.7 Å². The molecule has 1 N–H and O–H groups in total. The molecule has 0 saturated carbocycles. The highest BCUT2D eigenvalue weighted by molar-refractivity contribution is 8.18. The summed E-state index contributed by atoms with van der Waals surface area (Å²) < 4.78 is 2.01. The maximum atomic E-state index is 12.9. The van der Waals surface area contributed by atoms with Crippen molar-refractivity contribution in [3.63, 3.8) is 0 Å². The Hall–Kier alpha value is -3.65. The van der Waals surface area contributed by atoms with Crippen LogP contribution in [0.25, 0.3) is 11.9 Å². The Bertz CT molecular complexity index is 1310. The van der Waals surface area contributed by atoms with Crippen molar-refractivity contribution in [3.8, 4) is 5.82 Å². The molecule has 1 aliphatic rings. The third kappa shape index (κ3) is 4.75. The maximum absolute atomic E-state index is 12.9. The summed E-state index contributed by atoms with van der Waals surface area (Å²) in [5.74, 6) is -0.0960. The lowest BCUT2D eigenvalue weighted by atomic mass is 10.2. The second kappa shape index (κ2) is 9.07. The molecular formula is C25H24N4O3S. The van der Waals surface area contributed by atoms with Gasteiger partial charge in [-0.1, -0.05) is 12.1 Å². The smallest absolute Gasteiger partial charge is 0.294 e. The zero-order valence-electron chi connectivity index (χ0n) is 18.9. The minimum atomic E-state index is -0.470. The number of thioether (sulfide) groups is 1. The van der Waals surface area contributed by atoms with Crippen LogP contribution in [0.5, 0.6) is 0 Å². The van der Waals surface area contributed by atoms with Gasteiger partial charge in [-0.3, -0.25) is 19.3 Å². The summed E-state index contributed by atoms with van der Waals surface area (Å²) in [4.78, 5) is 43.5. The van der Waals surface area contributed by atoms with Gasteiger partial charge in [0.1, 0.15) is 12.4 Å². The van der Waals surface area contributed by atoms with Gasteiger partial charge in [0, 0.05) is 23.3 Å². The average Bonchev–Trinajstić information content (AvgIpc) is 3.17. The van der Waals surface area contributed by atoms with E-state index in [-0.39, 0.29) is 6.54 Å². The van der Waals surface area contributed by atoms with Gasteiger partial charge in [0.15, 0.2) is 0 Å². The Morgan fingerprint density at radius 1 is 1.06 bits per heavy atom. The lowest BCUT2D eigenvalue weighted by Crippen LogP contribution is -2.36. The Kier molecular flexibility index (Phi) is 6.20. The van der Waals surface area contributed by atoms with Gasteiger partial charge >= 0.3 is 0 Å². The van der Waals surface area contributed by atoms with E-state index in [1.165, 1.54) is 0 Å². The van der Waals surface area contributed by atoms with Gasteiger partial charge in [0.05, 0.1) is 4.91 Å². The molecule has 1 saturated heterocycles. The predicted octanol–water partition coefficient (Wildman–Crippen LogP) is 4.78. The molecule has 2 aromatic heterocycles. The monoisotopic (exact) mass is 460 g/mol. The molecule has 7 nitrogen and oxygen atoms in total. The zero-order chi connectivity index (χ0) is 23.7. The van der Waals surface area contributed by atoms with Crippen LogP contribution in [0.15, 0.2) is 53.6 Å². The van der Waals surface area contributed by atoms with E-state index in [2.05, 4.69) is 10.3 Å². The van der Waals surface area contributed by atoms with Gasteiger partial charge in [-0.05, 0) is 92.6 Å². The minimum absolute atomic E-state index is 0.292. The van der Waals surface area contributed by atoms with Crippen molar-refractivity contribution in [2.24, 2.45) is 0 Å². The summed E-state index contributed by atoms with van der Waals surface area (Å²) in [7, 11) is 0. The van der Waals surface area contributed by atoms with Crippen LogP contribution in [-0.2, 0) is 9.59 Å². The molecule has 1 aliphatic heterocycles. The van der Waals surface area contributed by atoms with Gasteiger partial charge in [-0.2, -0.15) is 0 Å². The third-order valence-corrected chi connectivity index (χ3v) is 6.27. The first-order chi connectivity index (χ1) is 15.7. The molecule has 0 unspecified atom stereocenters. The van der Waals surface area contributed by atoms with Crippen LogP contribution < -0.4 is 5.32 Å². The number of rotatable bonds is 5. The fourth-order valence-corrected chi connectivity index (χ4v) is 4.60. The van der Waals surface area contributed by atoms with E-state index in [9.17, 15) is 14.4 Å². The normalized spacial score (nSPS) is 14.9. The van der Waals surface area contributed by atoms with Crippen molar-refractivity contribution in [2.75, 3.05) is 11.9 Å². The topological polar surface area (TPSA) is 84.3 Å². The molecule has 168 valence electrons. The molecule has 4 rings (SSSR count). The van der Waals surface area contributed by atoms with Crippen LogP contribution in [0.1, 0.15) is 28.1 Å². The molecule has 33 heavy (non-hydrogen) atoms. The Morgan fingerprint density at radius 3 is 2.55 bits per heavy atom. The summed E-state index contributed by atoms with van der Waals surface area (Å²) in [6.45, 7) is 7.51. The van der Waals surface area contributed by atoms with Gasteiger partial charge < -0.3 is 9.88 Å². The van der Waals surface area contributed by atoms with Crippen molar-refractivity contribution < 1.29 is 14.4 Å². The Labute approximate surface area is 196 Å². The summed E-state index contributed by atoms with van der Waals surface area (Å²) >= 11 is 0.843. The van der Waals surface area contributed by atoms with Crippen molar-refractivity contribution in [1.29, 1.82) is 0 Å². The first-order valence-electron chi connectivity index (χ1n) is 10.5. The van der Waals surface area contributed by atoms with Crippen LogP contribution in [0.3, 0.4) is 0 Å². The summed E-state index contributed by atoms with van der Waals surface area (Å²) in [6.07, 6.45) is 3.47. The van der Waals surface area contributed by atoms with E-state index in [1.807, 2.05) is 68.7 Å². The Balaban J connectivity index is 1.53. The van der Waals surface area contributed by atoms with Gasteiger partial charge in [-0.25, -0.2) is 4.98 Å². The molecule has 0 spiro atoms. The van der Waals surface area contributed by atoms with Crippen LogP contribution in [0.2, 0.25) is 0 Å². The minimum Gasteiger partial charge on any atom is -0.325 e. The first-order valence-corrected chi connectivity index (χ1v) is 11.3. The van der Waals surface area contributed by atoms with E-state index >= 15 is 0 Å². The number of benzene rings is 1. The largest absolute Gasteiger partial charge is 0.325 e. The van der Waals surface area contributed by atoms with Crippen LogP contribution in [-0.4, -0.2) is 38.0 Å². The van der Waals surface area contributed by atoms with Crippen LogP contribution >= 0.6 is 11.8 Å². The molecule has 3 heterocycles. The SMILES string of the molecule is Cc1cccc(NC(=O)CN2C(=O)S/C(=C\c3cc(C)n(-c4cc(C)ccn4)c3C)C2=O)c1. The van der Waals surface area contributed by atoms with E-state index in [0.29, 0.717) is 10.6 Å². The number of hydrogen-bond acceptors (Lipinski definition) is 5. The zero-order valence-corrected chi connectivity index (χ0v) is 19.7. The molecule has 1 aromatic carbocycles. The van der Waals surface area contributed by atoms with E-state index in [4.69, 9.17) is 0 Å². The second-order valence-corrected chi connectivity index (χ2v) is 9.03.